The van der Waals surface area contributed by atoms with Gasteiger partial charge in [0.25, 0.3) is 0 Å². The SMILES string of the molecule is O=S([O-])C(Cc1ccccc1)C(F)(F)F. The second-order valence-electron chi connectivity index (χ2n) is 2.98. The molecule has 2 unspecified atom stereocenters. The van der Waals surface area contributed by atoms with Crippen LogP contribution in [0.2, 0.25) is 0 Å². The van der Waals surface area contributed by atoms with Crippen molar-refractivity contribution >= 4 is 11.1 Å². The van der Waals surface area contributed by atoms with Gasteiger partial charge in [-0.25, -0.2) is 0 Å². The molecule has 84 valence electrons. The monoisotopic (exact) mass is 237 g/mol. The van der Waals surface area contributed by atoms with Crippen molar-refractivity contribution in [2.45, 2.75) is 17.8 Å². The van der Waals surface area contributed by atoms with Gasteiger partial charge < -0.3 is 4.55 Å². The maximum Gasteiger partial charge on any atom is 0.402 e. The molecule has 1 aromatic rings. The summed E-state index contributed by atoms with van der Waals surface area (Å²) in [5.41, 5.74) is 0.351. The van der Waals surface area contributed by atoms with Crippen LogP contribution >= 0.6 is 0 Å². The topological polar surface area (TPSA) is 40.1 Å². The highest BCUT2D eigenvalue weighted by Gasteiger charge is 2.40. The van der Waals surface area contributed by atoms with Gasteiger partial charge in [0.15, 0.2) is 0 Å². The molecule has 0 bridgehead atoms. The predicted octanol–water partition coefficient (Wildman–Crippen LogP) is 2.04. The summed E-state index contributed by atoms with van der Waals surface area (Å²) < 4.78 is 57.7. The Morgan fingerprint density at radius 3 is 2.20 bits per heavy atom. The number of alkyl halides is 3. The molecule has 6 heteroatoms. The smallest absolute Gasteiger partial charge is 0.402 e. The zero-order valence-corrected chi connectivity index (χ0v) is 8.35. The van der Waals surface area contributed by atoms with Crippen molar-refractivity contribution in [3.05, 3.63) is 35.9 Å². The molecule has 0 saturated heterocycles. The van der Waals surface area contributed by atoms with E-state index >= 15 is 0 Å². The summed E-state index contributed by atoms with van der Waals surface area (Å²) in [5, 5.41) is -2.33. The zero-order chi connectivity index (χ0) is 11.5. The van der Waals surface area contributed by atoms with Crippen molar-refractivity contribution in [3.8, 4) is 0 Å². The van der Waals surface area contributed by atoms with Gasteiger partial charge in [-0.1, -0.05) is 30.3 Å². The van der Waals surface area contributed by atoms with Crippen LogP contribution < -0.4 is 0 Å². The lowest BCUT2D eigenvalue weighted by Gasteiger charge is -2.22. The Balaban J connectivity index is 2.82. The lowest BCUT2D eigenvalue weighted by atomic mass is 10.1. The lowest BCUT2D eigenvalue weighted by Crippen LogP contribution is -2.34. The van der Waals surface area contributed by atoms with Crippen molar-refractivity contribution in [2.75, 3.05) is 0 Å². The standard InChI is InChI=1S/C9H9F3O2S/c10-9(11,12)8(15(13)14)6-7-4-2-1-3-5-7/h1-5,8H,6H2,(H,13,14)/p-1. The van der Waals surface area contributed by atoms with E-state index < -0.39 is 28.9 Å². The molecular formula is C9H8F3O2S-. The Labute approximate surface area is 87.4 Å². The van der Waals surface area contributed by atoms with Crippen LogP contribution in [0, 0.1) is 0 Å². The highest BCUT2D eigenvalue weighted by Crippen LogP contribution is 2.26. The fraction of sp³-hybridized carbons (Fsp3) is 0.333. The van der Waals surface area contributed by atoms with Crippen molar-refractivity contribution in [1.29, 1.82) is 0 Å². The van der Waals surface area contributed by atoms with E-state index in [2.05, 4.69) is 0 Å². The van der Waals surface area contributed by atoms with Gasteiger partial charge in [-0.05, 0) is 23.1 Å². The summed E-state index contributed by atoms with van der Waals surface area (Å²) in [6, 6.07) is 7.71. The minimum atomic E-state index is -4.72. The maximum atomic E-state index is 12.3. The van der Waals surface area contributed by atoms with E-state index in [1.807, 2.05) is 0 Å². The Hall–Kier alpha value is -0.880. The van der Waals surface area contributed by atoms with Gasteiger partial charge >= 0.3 is 6.18 Å². The van der Waals surface area contributed by atoms with Gasteiger partial charge in [-0.2, -0.15) is 13.2 Å². The van der Waals surface area contributed by atoms with Gasteiger partial charge in [0.05, 0.1) is 0 Å². The van der Waals surface area contributed by atoms with Crippen LogP contribution in [0.3, 0.4) is 0 Å². The predicted molar refractivity (Wildman–Crippen MR) is 48.9 cm³/mol. The molecule has 0 saturated carbocycles. The molecule has 15 heavy (non-hydrogen) atoms. The van der Waals surface area contributed by atoms with E-state index in [0.717, 1.165) is 0 Å². The van der Waals surface area contributed by atoms with Crippen molar-refractivity contribution in [2.24, 2.45) is 0 Å². The molecule has 0 aromatic heterocycles. The maximum absolute atomic E-state index is 12.3. The summed E-state index contributed by atoms with van der Waals surface area (Å²) in [7, 11) is 0. The summed E-state index contributed by atoms with van der Waals surface area (Å²) in [4.78, 5) is 0. The molecule has 0 aliphatic rings. The van der Waals surface area contributed by atoms with E-state index in [0.29, 0.717) is 5.56 Å². The zero-order valence-electron chi connectivity index (χ0n) is 7.53. The van der Waals surface area contributed by atoms with Gasteiger partial charge in [0.1, 0.15) is 5.25 Å². The summed E-state index contributed by atoms with van der Waals surface area (Å²) in [6.45, 7) is 0. The first-order valence-electron chi connectivity index (χ1n) is 4.10. The Morgan fingerprint density at radius 1 is 1.27 bits per heavy atom. The van der Waals surface area contributed by atoms with E-state index in [1.165, 1.54) is 12.1 Å². The fourth-order valence-corrected chi connectivity index (χ4v) is 1.67. The Morgan fingerprint density at radius 2 is 1.80 bits per heavy atom. The molecule has 2 nitrogen and oxygen atoms in total. The molecule has 1 rings (SSSR count). The van der Waals surface area contributed by atoms with E-state index in [1.54, 1.807) is 18.2 Å². The molecular weight excluding hydrogens is 229 g/mol. The summed E-state index contributed by atoms with van der Waals surface area (Å²) in [6.07, 6.45) is -5.26. The average molecular weight is 237 g/mol. The average Bonchev–Trinajstić information content (AvgIpc) is 2.13. The largest absolute Gasteiger partial charge is 0.772 e. The Bertz CT molecular complexity index is 337. The van der Waals surface area contributed by atoms with Crippen LogP contribution in [-0.4, -0.2) is 20.2 Å². The van der Waals surface area contributed by atoms with Gasteiger partial charge in [0.2, 0.25) is 0 Å². The van der Waals surface area contributed by atoms with Gasteiger partial charge in [0, 0.05) is 0 Å². The molecule has 0 aliphatic carbocycles. The van der Waals surface area contributed by atoms with E-state index in [-0.39, 0.29) is 0 Å². The minimum absolute atomic E-state index is 0.351. The van der Waals surface area contributed by atoms with E-state index in [9.17, 15) is 21.9 Å². The molecule has 0 spiro atoms. The second-order valence-corrected chi connectivity index (χ2v) is 4.07. The number of benzene rings is 1. The number of hydrogen-bond donors (Lipinski definition) is 0. The lowest BCUT2D eigenvalue weighted by molar-refractivity contribution is -0.130. The normalized spacial score (nSPS) is 16.0. The quantitative estimate of drug-likeness (QED) is 0.755. The summed E-state index contributed by atoms with van der Waals surface area (Å²) in [5.74, 6) is 0. The molecule has 0 heterocycles. The molecule has 1 aromatic carbocycles. The molecule has 0 radical (unpaired) electrons. The van der Waals surface area contributed by atoms with Crippen molar-refractivity contribution in [3.63, 3.8) is 0 Å². The summed E-state index contributed by atoms with van der Waals surface area (Å²) >= 11 is -3.15. The number of rotatable bonds is 3. The van der Waals surface area contributed by atoms with Crippen molar-refractivity contribution in [1.82, 2.24) is 0 Å². The van der Waals surface area contributed by atoms with Crippen LogP contribution in [0.1, 0.15) is 5.56 Å². The first-order chi connectivity index (χ1) is 6.91. The van der Waals surface area contributed by atoms with Crippen LogP contribution in [0.15, 0.2) is 30.3 Å². The molecule has 2 atom stereocenters. The van der Waals surface area contributed by atoms with Crippen LogP contribution in [-0.2, 0) is 17.5 Å². The first kappa shape index (κ1) is 12.2. The molecule has 0 N–H and O–H groups in total. The van der Waals surface area contributed by atoms with Crippen LogP contribution in [0.25, 0.3) is 0 Å². The highest BCUT2D eigenvalue weighted by molar-refractivity contribution is 7.79. The fourth-order valence-electron chi connectivity index (χ4n) is 1.12. The third-order valence-corrected chi connectivity index (χ3v) is 2.76. The third-order valence-electron chi connectivity index (χ3n) is 1.86. The van der Waals surface area contributed by atoms with Gasteiger partial charge in [-0.15, -0.1) is 0 Å². The van der Waals surface area contributed by atoms with Gasteiger partial charge in [-0.3, -0.25) is 4.21 Å². The first-order valence-corrected chi connectivity index (χ1v) is 5.24. The van der Waals surface area contributed by atoms with Crippen LogP contribution in [0.5, 0.6) is 0 Å². The molecule has 0 fully saturated rings. The minimum Gasteiger partial charge on any atom is -0.772 e. The van der Waals surface area contributed by atoms with E-state index in [4.69, 9.17) is 0 Å². The highest BCUT2D eigenvalue weighted by atomic mass is 32.2. The van der Waals surface area contributed by atoms with Crippen molar-refractivity contribution < 1.29 is 21.9 Å². The Kier molecular flexibility index (Phi) is 3.87. The molecule has 0 amide bonds. The third kappa shape index (κ3) is 3.64. The molecule has 0 aliphatic heterocycles. The second kappa shape index (κ2) is 4.76. The number of halogens is 3. The van der Waals surface area contributed by atoms with Crippen LogP contribution in [0.4, 0.5) is 13.2 Å². The number of hydrogen-bond acceptors (Lipinski definition) is 2.